The summed E-state index contributed by atoms with van der Waals surface area (Å²) in [6.07, 6.45) is 2.26. The van der Waals surface area contributed by atoms with Gasteiger partial charge in [-0.3, -0.25) is 0 Å². The largest absolute Gasteiger partial charge is 0.496 e. The molecule has 0 aliphatic heterocycles. The Hall–Kier alpha value is -2.54. The Morgan fingerprint density at radius 3 is 2.29 bits per heavy atom. The molecule has 1 aliphatic carbocycles. The van der Waals surface area contributed by atoms with Gasteiger partial charge in [-0.25, -0.2) is 0 Å². The second-order valence-corrected chi connectivity index (χ2v) is 5.20. The van der Waals surface area contributed by atoms with Gasteiger partial charge in [0.25, 0.3) is 0 Å². The van der Waals surface area contributed by atoms with Crippen molar-refractivity contribution in [1.82, 2.24) is 0 Å². The Bertz CT molecular complexity index is 803. The van der Waals surface area contributed by atoms with Crippen molar-refractivity contribution in [2.24, 2.45) is 0 Å². The van der Waals surface area contributed by atoms with Crippen molar-refractivity contribution < 1.29 is 4.74 Å². The van der Waals surface area contributed by atoms with Crippen molar-refractivity contribution in [1.29, 1.82) is 0 Å². The molecule has 0 unspecified atom stereocenters. The Labute approximate surface area is 124 Å². The number of hydrogen-bond donors (Lipinski definition) is 0. The monoisotopic (exact) mass is 271 g/mol. The zero-order valence-electron chi connectivity index (χ0n) is 11.8. The van der Waals surface area contributed by atoms with Gasteiger partial charge in [0.1, 0.15) is 5.75 Å². The molecule has 0 aromatic heterocycles. The summed E-state index contributed by atoms with van der Waals surface area (Å²) >= 11 is 0. The average molecular weight is 271 g/mol. The van der Waals surface area contributed by atoms with Gasteiger partial charge in [-0.2, -0.15) is 0 Å². The third-order valence-corrected chi connectivity index (χ3v) is 4.04. The number of fused-ring (bicyclic) bond motifs is 3. The highest BCUT2D eigenvalue weighted by Crippen LogP contribution is 2.46. The summed E-state index contributed by atoms with van der Waals surface area (Å²) < 4.78 is 5.60. The molecule has 0 heterocycles. The molecular formula is C20H15O. The van der Waals surface area contributed by atoms with E-state index >= 15 is 0 Å². The predicted molar refractivity (Wildman–Crippen MR) is 86.4 cm³/mol. The molecule has 0 spiro atoms. The maximum absolute atomic E-state index is 5.60. The van der Waals surface area contributed by atoms with Crippen LogP contribution in [0.4, 0.5) is 0 Å². The summed E-state index contributed by atoms with van der Waals surface area (Å²) in [6.45, 7) is 0. The first-order chi connectivity index (χ1) is 10.4. The minimum absolute atomic E-state index is 0.920. The van der Waals surface area contributed by atoms with E-state index in [2.05, 4.69) is 67.1 Å². The van der Waals surface area contributed by atoms with Crippen LogP contribution in [-0.2, 0) is 0 Å². The lowest BCUT2D eigenvalue weighted by Gasteiger charge is -2.14. The van der Waals surface area contributed by atoms with Crippen LogP contribution in [-0.4, -0.2) is 7.11 Å². The molecule has 0 saturated heterocycles. The molecule has 1 nitrogen and oxygen atoms in total. The van der Waals surface area contributed by atoms with E-state index in [1.807, 2.05) is 6.07 Å². The van der Waals surface area contributed by atoms with Crippen LogP contribution < -0.4 is 4.74 Å². The van der Waals surface area contributed by atoms with Crippen molar-refractivity contribution in [3.63, 3.8) is 0 Å². The summed E-state index contributed by atoms with van der Waals surface area (Å²) in [5, 5.41) is 0. The van der Waals surface area contributed by atoms with E-state index in [4.69, 9.17) is 4.74 Å². The fraction of sp³-hybridized carbons (Fsp3) is 0.0500. The van der Waals surface area contributed by atoms with Crippen LogP contribution in [0.25, 0.3) is 22.3 Å². The third-order valence-electron chi connectivity index (χ3n) is 4.04. The quantitative estimate of drug-likeness (QED) is 0.501. The van der Waals surface area contributed by atoms with Gasteiger partial charge < -0.3 is 4.74 Å². The Morgan fingerprint density at radius 1 is 0.714 bits per heavy atom. The molecule has 0 saturated carbocycles. The van der Waals surface area contributed by atoms with E-state index in [1.165, 1.54) is 33.4 Å². The van der Waals surface area contributed by atoms with E-state index in [-0.39, 0.29) is 0 Å². The minimum Gasteiger partial charge on any atom is -0.496 e. The minimum atomic E-state index is 0.920. The molecule has 0 N–H and O–H groups in total. The van der Waals surface area contributed by atoms with Crippen molar-refractivity contribution in [2.75, 3.05) is 7.11 Å². The van der Waals surface area contributed by atoms with Gasteiger partial charge in [0.05, 0.1) is 7.11 Å². The number of hydrogen-bond acceptors (Lipinski definition) is 1. The maximum Gasteiger partial charge on any atom is 0.127 e. The van der Waals surface area contributed by atoms with Gasteiger partial charge >= 0.3 is 0 Å². The van der Waals surface area contributed by atoms with E-state index in [0.717, 1.165) is 5.75 Å². The molecule has 3 aromatic carbocycles. The lowest BCUT2D eigenvalue weighted by atomic mass is 9.94. The summed E-state index contributed by atoms with van der Waals surface area (Å²) in [7, 11) is 1.73. The highest BCUT2D eigenvalue weighted by atomic mass is 16.5. The zero-order valence-corrected chi connectivity index (χ0v) is 11.8. The lowest BCUT2D eigenvalue weighted by molar-refractivity contribution is 0.416. The average Bonchev–Trinajstić information content (AvgIpc) is 2.93. The first-order valence-electron chi connectivity index (χ1n) is 7.09. The molecule has 4 rings (SSSR count). The molecule has 1 heteroatoms. The normalized spacial score (nSPS) is 11.9. The molecule has 0 bridgehead atoms. The fourth-order valence-electron chi connectivity index (χ4n) is 3.08. The maximum atomic E-state index is 5.60. The van der Waals surface area contributed by atoms with Crippen molar-refractivity contribution in [2.45, 2.75) is 0 Å². The molecule has 21 heavy (non-hydrogen) atoms. The van der Waals surface area contributed by atoms with E-state index in [1.54, 1.807) is 7.11 Å². The second-order valence-electron chi connectivity index (χ2n) is 5.20. The van der Waals surface area contributed by atoms with E-state index < -0.39 is 0 Å². The van der Waals surface area contributed by atoms with Crippen molar-refractivity contribution in [3.05, 3.63) is 84.3 Å². The number of rotatable bonds is 2. The van der Waals surface area contributed by atoms with Crippen LogP contribution in [0, 0.1) is 6.42 Å². The SMILES string of the molecule is COc1ccc2c(c1-c1ccccc1)[CH]c1ccccc1-2. The lowest BCUT2D eigenvalue weighted by Crippen LogP contribution is -1.93. The van der Waals surface area contributed by atoms with Crippen LogP contribution in [0.15, 0.2) is 66.7 Å². The van der Waals surface area contributed by atoms with Crippen molar-refractivity contribution >= 4 is 0 Å². The van der Waals surface area contributed by atoms with Crippen molar-refractivity contribution in [3.8, 4) is 28.0 Å². The van der Waals surface area contributed by atoms with Gasteiger partial charge in [0.15, 0.2) is 0 Å². The number of ether oxygens (including phenoxy) is 1. The van der Waals surface area contributed by atoms with Crippen LogP contribution in [0.5, 0.6) is 5.75 Å². The summed E-state index contributed by atoms with van der Waals surface area (Å²) in [5.74, 6) is 0.920. The van der Waals surface area contributed by atoms with Gasteiger partial charge in [-0.05, 0) is 33.9 Å². The standard InChI is InChI=1S/C20H15O/c1-21-19-12-11-17-16-10-6-5-9-15(16)13-18(17)20(19)14-7-3-2-4-8-14/h2-13H,1H3. The molecule has 1 radical (unpaired) electrons. The number of benzene rings is 3. The molecule has 101 valence electrons. The molecule has 0 atom stereocenters. The second kappa shape index (κ2) is 4.78. The van der Waals surface area contributed by atoms with E-state index in [9.17, 15) is 0 Å². The van der Waals surface area contributed by atoms with E-state index in [0.29, 0.717) is 0 Å². The Balaban J connectivity index is 2.00. The Morgan fingerprint density at radius 2 is 1.48 bits per heavy atom. The summed E-state index contributed by atoms with van der Waals surface area (Å²) in [5.41, 5.74) is 7.47. The summed E-state index contributed by atoms with van der Waals surface area (Å²) in [4.78, 5) is 0. The van der Waals surface area contributed by atoms with Crippen LogP contribution >= 0.6 is 0 Å². The van der Waals surface area contributed by atoms with Gasteiger partial charge in [-0.15, -0.1) is 0 Å². The molecular weight excluding hydrogens is 256 g/mol. The molecule has 0 fully saturated rings. The van der Waals surface area contributed by atoms with Gasteiger partial charge in [0.2, 0.25) is 0 Å². The number of methoxy groups -OCH3 is 1. The highest BCUT2D eigenvalue weighted by Gasteiger charge is 2.24. The smallest absolute Gasteiger partial charge is 0.127 e. The molecule has 1 aliphatic rings. The van der Waals surface area contributed by atoms with Crippen LogP contribution in [0.1, 0.15) is 11.1 Å². The van der Waals surface area contributed by atoms with Crippen LogP contribution in [0.2, 0.25) is 0 Å². The third kappa shape index (κ3) is 1.85. The Kier molecular flexibility index (Phi) is 2.78. The summed E-state index contributed by atoms with van der Waals surface area (Å²) in [6, 6.07) is 23.2. The zero-order chi connectivity index (χ0) is 14.2. The first-order valence-corrected chi connectivity index (χ1v) is 7.09. The highest BCUT2D eigenvalue weighted by molar-refractivity contribution is 5.91. The van der Waals surface area contributed by atoms with Crippen LogP contribution in [0.3, 0.4) is 0 Å². The molecule has 0 amide bonds. The van der Waals surface area contributed by atoms with Gasteiger partial charge in [0, 0.05) is 12.0 Å². The topological polar surface area (TPSA) is 9.23 Å². The van der Waals surface area contributed by atoms with Gasteiger partial charge in [-0.1, -0.05) is 60.7 Å². The molecule has 3 aromatic rings. The predicted octanol–water partition coefficient (Wildman–Crippen LogP) is 4.94. The first kappa shape index (κ1) is 12.2. The fourth-order valence-corrected chi connectivity index (χ4v) is 3.08.